The number of nitrogens with zero attached hydrogens (tertiary/aromatic N) is 1. The second-order valence-corrected chi connectivity index (χ2v) is 8.36. The van der Waals surface area contributed by atoms with E-state index >= 15 is 0 Å². The Morgan fingerprint density at radius 3 is 2.61 bits per heavy atom. The van der Waals surface area contributed by atoms with E-state index in [2.05, 4.69) is 33.4 Å². The number of hydrogen-bond acceptors (Lipinski definition) is 3. The summed E-state index contributed by atoms with van der Waals surface area (Å²) in [6, 6.07) is 15.1. The summed E-state index contributed by atoms with van der Waals surface area (Å²) in [5.74, 6) is -0.421. The quantitative estimate of drug-likeness (QED) is 0.615. The standard InChI is InChI=1S/C22H26BrFN2O2/c23-19-7-8-20(24)17(13-19)14-26(11-12-27)15-21(28)25-16-22(9-4-10-22)18-5-2-1-3-6-18/h1-3,5-8,13,27H,4,9-12,14-16H2,(H,25,28). The number of carbonyl (C=O) groups excluding carboxylic acids is 1. The van der Waals surface area contributed by atoms with Crippen LogP contribution in [-0.4, -0.2) is 42.2 Å². The molecule has 1 aliphatic carbocycles. The molecule has 0 bridgehead atoms. The fourth-order valence-electron chi connectivity index (χ4n) is 3.75. The summed E-state index contributed by atoms with van der Waals surface area (Å²) in [5, 5.41) is 12.4. The van der Waals surface area contributed by atoms with Crippen LogP contribution in [0.2, 0.25) is 0 Å². The Labute approximate surface area is 173 Å². The Bertz CT molecular complexity index is 796. The third-order valence-corrected chi connectivity index (χ3v) is 6.00. The highest BCUT2D eigenvalue weighted by Gasteiger charge is 2.38. The molecule has 3 rings (SSSR count). The first kappa shape index (κ1) is 21.0. The number of aliphatic hydroxyl groups is 1. The molecule has 4 nitrogen and oxygen atoms in total. The summed E-state index contributed by atoms with van der Waals surface area (Å²) >= 11 is 3.35. The normalized spacial score (nSPS) is 15.3. The average Bonchev–Trinajstić information content (AvgIpc) is 2.65. The molecule has 2 aromatic carbocycles. The zero-order valence-electron chi connectivity index (χ0n) is 15.8. The largest absolute Gasteiger partial charge is 0.395 e. The summed E-state index contributed by atoms with van der Waals surface area (Å²) in [5.41, 5.74) is 1.79. The maximum Gasteiger partial charge on any atom is 0.234 e. The van der Waals surface area contributed by atoms with Crippen LogP contribution in [0.25, 0.3) is 0 Å². The number of amides is 1. The lowest BCUT2D eigenvalue weighted by Crippen LogP contribution is -2.48. The van der Waals surface area contributed by atoms with Crippen molar-refractivity contribution in [3.63, 3.8) is 0 Å². The molecule has 6 heteroatoms. The highest BCUT2D eigenvalue weighted by molar-refractivity contribution is 9.10. The van der Waals surface area contributed by atoms with Gasteiger partial charge in [-0.15, -0.1) is 0 Å². The third-order valence-electron chi connectivity index (χ3n) is 5.51. The Morgan fingerprint density at radius 1 is 1.21 bits per heavy atom. The van der Waals surface area contributed by atoms with Crippen LogP contribution in [0.4, 0.5) is 4.39 Å². The first-order valence-electron chi connectivity index (χ1n) is 9.62. The molecule has 1 fully saturated rings. The molecule has 0 saturated heterocycles. The zero-order valence-corrected chi connectivity index (χ0v) is 17.4. The van der Waals surface area contributed by atoms with Crippen molar-refractivity contribution >= 4 is 21.8 Å². The fourth-order valence-corrected chi connectivity index (χ4v) is 4.16. The van der Waals surface area contributed by atoms with Crippen LogP contribution in [0.1, 0.15) is 30.4 Å². The topological polar surface area (TPSA) is 52.6 Å². The molecule has 1 saturated carbocycles. The minimum absolute atomic E-state index is 0.0229. The van der Waals surface area contributed by atoms with Crippen molar-refractivity contribution in [1.29, 1.82) is 0 Å². The Morgan fingerprint density at radius 2 is 1.96 bits per heavy atom. The van der Waals surface area contributed by atoms with Gasteiger partial charge in [0.05, 0.1) is 13.2 Å². The van der Waals surface area contributed by atoms with Crippen molar-refractivity contribution in [1.82, 2.24) is 10.2 Å². The van der Waals surface area contributed by atoms with Gasteiger partial charge in [-0.25, -0.2) is 4.39 Å². The van der Waals surface area contributed by atoms with Gasteiger partial charge < -0.3 is 10.4 Å². The number of carbonyl (C=O) groups is 1. The molecule has 28 heavy (non-hydrogen) atoms. The molecule has 150 valence electrons. The molecule has 0 radical (unpaired) electrons. The van der Waals surface area contributed by atoms with Gasteiger partial charge >= 0.3 is 0 Å². The van der Waals surface area contributed by atoms with Crippen LogP contribution >= 0.6 is 15.9 Å². The molecule has 0 aliphatic heterocycles. The fraction of sp³-hybridized carbons (Fsp3) is 0.409. The van der Waals surface area contributed by atoms with Gasteiger partial charge in [-0.2, -0.15) is 0 Å². The van der Waals surface area contributed by atoms with Crippen molar-refractivity contribution in [3.8, 4) is 0 Å². The van der Waals surface area contributed by atoms with Crippen LogP contribution in [0.15, 0.2) is 53.0 Å². The van der Waals surface area contributed by atoms with Crippen LogP contribution in [0, 0.1) is 5.82 Å². The lowest BCUT2D eigenvalue weighted by molar-refractivity contribution is -0.123. The maximum atomic E-state index is 14.0. The van der Waals surface area contributed by atoms with E-state index in [1.807, 2.05) is 18.2 Å². The first-order chi connectivity index (χ1) is 13.5. The molecule has 1 amide bonds. The Kier molecular flexibility index (Phi) is 7.21. The minimum atomic E-state index is -0.316. The maximum absolute atomic E-state index is 14.0. The van der Waals surface area contributed by atoms with Gasteiger partial charge in [-0.3, -0.25) is 9.69 Å². The van der Waals surface area contributed by atoms with E-state index in [0.717, 1.165) is 17.3 Å². The summed E-state index contributed by atoms with van der Waals surface area (Å²) in [4.78, 5) is 14.3. The van der Waals surface area contributed by atoms with Gasteiger partial charge in [0.1, 0.15) is 5.82 Å². The molecule has 0 spiro atoms. The second-order valence-electron chi connectivity index (χ2n) is 7.45. The summed E-state index contributed by atoms with van der Waals surface area (Å²) in [7, 11) is 0. The zero-order chi connectivity index (χ0) is 20.0. The lowest BCUT2D eigenvalue weighted by Gasteiger charge is -2.42. The predicted molar refractivity (Wildman–Crippen MR) is 111 cm³/mol. The van der Waals surface area contributed by atoms with Gasteiger partial charge in [0.25, 0.3) is 0 Å². The van der Waals surface area contributed by atoms with E-state index in [-0.39, 0.29) is 36.8 Å². The SMILES string of the molecule is O=C(CN(CCO)Cc1cc(Br)ccc1F)NCC1(c2ccccc2)CCC1. The molecular formula is C22H26BrFN2O2. The number of rotatable bonds is 9. The van der Waals surface area contributed by atoms with Crippen LogP contribution in [0.5, 0.6) is 0 Å². The van der Waals surface area contributed by atoms with E-state index in [4.69, 9.17) is 0 Å². The lowest BCUT2D eigenvalue weighted by atomic mass is 9.64. The Balaban J connectivity index is 1.59. The van der Waals surface area contributed by atoms with E-state index in [9.17, 15) is 14.3 Å². The second kappa shape index (κ2) is 9.63. The molecule has 1 aliphatic rings. The molecule has 0 atom stereocenters. The van der Waals surface area contributed by atoms with Crippen molar-refractivity contribution in [2.45, 2.75) is 31.2 Å². The Hall–Kier alpha value is -1.76. The van der Waals surface area contributed by atoms with Crippen molar-refractivity contribution in [2.75, 3.05) is 26.2 Å². The average molecular weight is 449 g/mol. The van der Waals surface area contributed by atoms with Gasteiger partial charge in [-0.1, -0.05) is 52.7 Å². The molecule has 0 heterocycles. The molecule has 2 N–H and O–H groups in total. The monoisotopic (exact) mass is 448 g/mol. The van der Waals surface area contributed by atoms with E-state index in [0.29, 0.717) is 18.7 Å². The number of nitrogens with one attached hydrogen (secondary N) is 1. The van der Waals surface area contributed by atoms with Gasteiger partial charge in [-0.05, 0) is 36.6 Å². The van der Waals surface area contributed by atoms with Crippen LogP contribution < -0.4 is 5.32 Å². The molecule has 0 unspecified atom stereocenters. The number of hydrogen-bond donors (Lipinski definition) is 2. The first-order valence-corrected chi connectivity index (χ1v) is 10.4. The molecule has 2 aromatic rings. The summed E-state index contributed by atoms with van der Waals surface area (Å²) in [6.07, 6.45) is 3.31. The molecular weight excluding hydrogens is 423 g/mol. The van der Waals surface area contributed by atoms with Gasteiger partial charge in [0.2, 0.25) is 5.91 Å². The smallest absolute Gasteiger partial charge is 0.234 e. The number of halogens is 2. The highest BCUT2D eigenvalue weighted by Crippen LogP contribution is 2.43. The van der Waals surface area contributed by atoms with Gasteiger partial charge in [0, 0.05) is 35.1 Å². The van der Waals surface area contributed by atoms with Crippen LogP contribution in [-0.2, 0) is 16.8 Å². The summed E-state index contributed by atoms with van der Waals surface area (Å²) in [6.45, 7) is 1.22. The minimum Gasteiger partial charge on any atom is -0.395 e. The van der Waals surface area contributed by atoms with Crippen molar-refractivity contribution < 1.29 is 14.3 Å². The van der Waals surface area contributed by atoms with Crippen molar-refractivity contribution in [2.24, 2.45) is 0 Å². The number of aliphatic hydroxyl groups excluding tert-OH is 1. The van der Waals surface area contributed by atoms with E-state index in [1.54, 1.807) is 17.0 Å². The van der Waals surface area contributed by atoms with E-state index < -0.39 is 0 Å². The number of benzene rings is 2. The van der Waals surface area contributed by atoms with Crippen LogP contribution in [0.3, 0.4) is 0 Å². The highest BCUT2D eigenvalue weighted by atomic mass is 79.9. The van der Waals surface area contributed by atoms with Crippen molar-refractivity contribution in [3.05, 3.63) is 69.9 Å². The van der Waals surface area contributed by atoms with Gasteiger partial charge in [0.15, 0.2) is 0 Å². The third kappa shape index (κ3) is 5.19. The summed E-state index contributed by atoms with van der Waals surface area (Å²) < 4.78 is 14.8. The van der Waals surface area contributed by atoms with E-state index in [1.165, 1.54) is 18.1 Å². The predicted octanol–water partition coefficient (Wildman–Crippen LogP) is 3.62. The molecule has 0 aromatic heterocycles.